The average molecular weight is 409 g/mol. The Labute approximate surface area is 184 Å². The van der Waals surface area contributed by atoms with Crippen LogP contribution in [0.3, 0.4) is 0 Å². The lowest BCUT2D eigenvalue weighted by molar-refractivity contribution is 0.263. The molecule has 2 nitrogen and oxygen atoms in total. The number of rotatable bonds is 4. The van der Waals surface area contributed by atoms with Gasteiger partial charge in [0.1, 0.15) is 18.5 Å². The number of benzene rings is 3. The van der Waals surface area contributed by atoms with Crippen molar-refractivity contribution >= 4 is 0 Å². The highest BCUT2D eigenvalue weighted by molar-refractivity contribution is 5.62. The third kappa shape index (κ3) is 13.6. The van der Waals surface area contributed by atoms with Crippen molar-refractivity contribution in [2.24, 2.45) is 0 Å². The molecule has 0 spiro atoms. The Kier molecular flexibility index (Phi) is 16.9. The maximum Gasteiger partial charge on any atom is 0.119 e. The molecular weight excluding hydrogens is 368 g/mol. The van der Waals surface area contributed by atoms with Crippen molar-refractivity contribution in [2.45, 2.75) is 54.1 Å². The fourth-order valence-corrected chi connectivity index (χ4v) is 2.13. The molecule has 0 saturated carbocycles. The van der Waals surface area contributed by atoms with Gasteiger partial charge in [0, 0.05) is 0 Å². The van der Waals surface area contributed by atoms with E-state index in [9.17, 15) is 0 Å². The van der Waals surface area contributed by atoms with E-state index in [1.165, 1.54) is 24.0 Å². The fourth-order valence-electron chi connectivity index (χ4n) is 2.13. The molecule has 0 amide bonds. The minimum Gasteiger partial charge on any atom is -0.491 e. The molecule has 1 fully saturated rings. The van der Waals surface area contributed by atoms with Crippen LogP contribution in [0.25, 0.3) is 11.1 Å². The third-order valence-corrected chi connectivity index (χ3v) is 3.46. The van der Waals surface area contributed by atoms with E-state index in [1.54, 1.807) is 0 Å². The molecule has 2 heteroatoms. The van der Waals surface area contributed by atoms with Crippen LogP contribution < -0.4 is 4.74 Å². The Hall–Kier alpha value is -2.58. The molecule has 0 N–H and O–H groups in total. The highest BCUT2D eigenvalue weighted by Crippen LogP contribution is 2.17. The lowest BCUT2D eigenvalue weighted by atomic mass is 10.1. The van der Waals surface area contributed by atoms with Crippen LogP contribution in [-0.2, 0) is 4.74 Å². The summed E-state index contributed by atoms with van der Waals surface area (Å²) in [7, 11) is 0. The molecule has 3 aromatic carbocycles. The Morgan fingerprint density at radius 2 is 1.00 bits per heavy atom. The molecule has 0 aromatic heterocycles. The van der Waals surface area contributed by atoms with E-state index < -0.39 is 0 Å². The SMILES string of the molecule is C.CCC.CCC.c1ccc(-c2ccccc2)cc1.c1ccc(OCC2CO2)cc1. The van der Waals surface area contributed by atoms with Gasteiger partial charge in [0.25, 0.3) is 0 Å². The van der Waals surface area contributed by atoms with Gasteiger partial charge in [-0.25, -0.2) is 0 Å². The highest BCUT2D eigenvalue weighted by Gasteiger charge is 2.22. The molecule has 1 heterocycles. The number of epoxide rings is 1. The van der Waals surface area contributed by atoms with Crippen molar-refractivity contribution < 1.29 is 9.47 Å². The predicted molar refractivity (Wildman–Crippen MR) is 132 cm³/mol. The van der Waals surface area contributed by atoms with Gasteiger partial charge in [0.2, 0.25) is 0 Å². The predicted octanol–water partition coefficient (Wildman–Crippen LogP) is 8.29. The summed E-state index contributed by atoms with van der Waals surface area (Å²) >= 11 is 0. The molecule has 30 heavy (non-hydrogen) atoms. The lowest BCUT2D eigenvalue weighted by Gasteiger charge is -2.01. The molecule has 1 saturated heterocycles. The maximum atomic E-state index is 5.40. The summed E-state index contributed by atoms with van der Waals surface area (Å²) in [6, 6.07) is 30.6. The molecule has 1 atom stereocenters. The standard InChI is InChI=1S/C12H10.C9H10O2.2C3H8.CH4/c1-3-7-11(8-4-1)12-9-5-2-6-10-12;1-2-4-8(5-3-1)10-6-9-7-11-9;2*1-3-2;/h1-10H;1-5,9H,6-7H2;2*3H2,1-2H3;1H4. The maximum absolute atomic E-state index is 5.40. The summed E-state index contributed by atoms with van der Waals surface area (Å²) in [6.07, 6.45) is 2.84. The number of hydrogen-bond donors (Lipinski definition) is 0. The zero-order chi connectivity index (χ0) is 21.2. The van der Waals surface area contributed by atoms with Crippen LogP contribution in [0.5, 0.6) is 5.75 Å². The van der Waals surface area contributed by atoms with Crippen LogP contribution in [-0.4, -0.2) is 19.3 Å². The molecule has 3 aromatic rings. The molecule has 164 valence electrons. The monoisotopic (exact) mass is 408 g/mol. The summed E-state index contributed by atoms with van der Waals surface area (Å²) in [4.78, 5) is 0. The Morgan fingerprint density at radius 3 is 1.33 bits per heavy atom. The van der Waals surface area contributed by atoms with Crippen molar-refractivity contribution in [3.05, 3.63) is 91.0 Å². The van der Waals surface area contributed by atoms with Crippen molar-refractivity contribution in [3.8, 4) is 16.9 Å². The van der Waals surface area contributed by atoms with Crippen LogP contribution in [0, 0.1) is 0 Å². The van der Waals surface area contributed by atoms with Crippen LogP contribution in [0.2, 0.25) is 0 Å². The van der Waals surface area contributed by atoms with Gasteiger partial charge in [-0.1, -0.05) is 127 Å². The van der Waals surface area contributed by atoms with Crippen molar-refractivity contribution in [2.75, 3.05) is 13.2 Å². The van der Waals surface area contributed by atoms with E-state index in [0.29, 0.717) is 12.7 Å². The first kappa shape index (κ1) is 27.4. The van der Waals surface area contributed by atoms with Crippen molar-refractivity contribution in [1.29, 1.82) is 0 Å². The topological polar surface area (TPSA) is 21.8 Å². The summed E-state index contributed by atoms with van der Waals surface area (Å²) in [5.74, 6) is 0.919. The minimum absolute atomic E-state index is 0. The first-order chi connectivity index (χ1) is 14.2. The third-order valence-electron chi connectivity index (χ3n) is 3.46. The fraction of sp³-hybridized carbons (Fsp3) is 0.357. The van der Waals surface area contributed by atoms with Crippen LogP contribution in [0.1, 0.15) is 48.0 Å². The molecule has 0 aliphatic carbocycles. The number of ether oxygens (including phenoxy) is 2. The van der Waals surface area contributed by atoms with E-state index in [4.69, 9.17) is 9.47 Å². The molecule has 4 rings (SSSR count). The average Bonchev–Trinajstić information content (AvgIpc) is 3.61. The Morgan fingerprint density at radius 1 is 0.667 bits per heavy atom. The Bertz CT molecular complexity index is 668. The van der Waals surface area contributed by atoms with Gasteiger partial charge in [0.05, 0.1) is 6.61 Å². The summed E-state index contributed by atoms with van der Waals surface area (Å²) in [5.41, 5.74) is 2.55. The van der Waals surface area contributed by atoms with Gasteiger partial charge in [0.15, 0.2) is 0 Å². The van der Waals surface area contributed by atoms with Gasteiger partial charge >= 0.3 is 0 Å². The summed E-state index contributed by atoms with van der Waals surface area (Å²) in [5, 5.41) is 0. The zero-order valence-corrected chi connectivity index (χ0v) is 18.4. The van der Waals surface area contributed by atoms with E-state index in [1.807, 2.05) is 42.5 Å². The quantitative estimate of drug-likeness (QED) is 0.405. The minimum atomic E-state index is 0. The number of para-hydroxylation sites is 1. The largest absolute Gasteiger partial charge is 0.491 e. The van der Waals surface area contributed by atoms with E-state index in [2.05, 4.69) is 76.2 Å². The van der Waals surface area contributed by atoms with Crippen LogP contribution >= 0.6 is 0 Å². The molecule has 1 aliphatic heterocycles. The Balaban J connectivity index is 0.000000436. The molecule has 0 bridgehead atoms. The second-order valence-corrected chi connectivity index (χ2v) is 6.73. The van der Waals surface area contributed by atoms with Crippen molar-refractivity contribution in [3.63, 3.8) is 0 Å². The smallest absolute Gasteiger partial charge is 0.119 e. The molecule has 1 unspecified atom stereocenters. The highest BCUT2D eigenvalue weighted by atomic mass is 16.6. The van der Waals surface area contributed by atoms with E-state index in [0.717, 1.165) is 12.4 Å². The summed E-state index contributed by atoms with van der Waals surface area (Å²) in [6.45, 7) is 10.0. The normalized spacial score (nSPS) is 12.9. The van der Waals surface area contributed by atoms with Gasteiger partial charge in [-0.05, 0) is 23.3 Å². The van der Waals surface area contributed by atoms with E-state index >= 15 is 0 Å². The molecule has 1 aliphatic rings. The summed E-state index contributed by atoms with van der Waals surface area (Å²) < 4.78 is 10.4. The van der Waals surface area contributed by atoms with Gasteiger partial charge < -0.3 is 9.47 Å². The van der Waals surface area contributed by atoms with Crippen molar-refractivity contribution in [1.82, 2.24) is 0 Å². The van der Waals surface area contributed by atoms with Crippen LogP contribution in [0.15, 0.2) is 91.0 Å². The number of hydrogen-bond acceptors (Lipinski definition) is 2. The van der Waals surface area contributed by atoms with E-state index in [-0.39, 0.29) is 7.43 Å². The first-order valence-corrected chi connectivity index (χ1v) is 10.6. The molecular formula is C28H40O2. The van der Waals surface area contributed by atoms with Crippen LogP contribution in [0.4, 0.5) is 0 Å². The second-order valence-electron chi connectivity index (χ2n) is 6.73. The molecule has 0 radical (unpaired) electrons. The van der Waals surface area contributed by atoms with Gasteiger partial charge in [-0.15, -0.1) is 0 Å². The lowest BCUT2D eigenvalue weighted by Crippen LogP contribution is -2.03. The zero-order valence-electron chi connectivity index (χ0n) is 18.4. The van der Waals surface area contributed by atoms with Gasteiger partial charge in [-0.3, -0.25) is 0 Å². The first-order valence-electron chi connectivity index (χ1n) is 10.6. The second kappa shape index (κ2) is 18.4. The van der Waals surface area contributed by atoms with Gasteiger partial charge in [-0.2, -0.15) is 0 Å².